The minimum atomic E-state index is -0.184. The van der Waals surface area contributed by atoms with Crippen molar-refractivity contribution >= 4 is 11.5 Å². The molecule has 0 fully saturated rings. The van der Waals surface area contributed by atoms with Crippen molar-refractivity contribution in [2.75, 3.05) is 19.8 Å². The Bertz CT molecular complexity index is 358. The molecule has 0 spiro atoms. The highest BCUT2D eigenvalue weighted by molar-refractivity contribution is 6.06. The van der Waals surface area contributed by atoms with Gasteiger partial charge in [-0.3, -0.25) is 9.78 Å². The lowest BCUT2D eigenvalue weighted by Crippen LogP contribution is -2.06. The Morgan fingerprint density at radius 2 is 2.29 bits per heavy atom. The van der Waals surface area contributed by atoms with Crippen LogP contribution < -0.4 is 5.73 Å². The van der Waals surface area contributed by atoms with E-state index in [1.54, 1.807) is 29.4 Å². The molecule has 74 valence electrons. The number of pyridine rings is 1. The quantitative estimate of drug-likeness (QED) is 0.570. The van der Waals surface area contributed by atoms with Crippen LogP contribution in [0.3, 0.4) is 0 Å². The highest BCUT2D eigenvalue weighted by atomic mass is 16.1. The third-order valence-corrected chi connectivity index (χ3v) is 1.60. The molecule has 0 bridgehead atoms. The number of anilines is 1. The fourth-order valence-corrected chi connectivity index (χ4v) is 0.919. The Balaban J connectivity index is 2.85. The zero-order valence-electron chi connectivity index (χ0n) is 8.27. The molecule has 4 nitrogen and oxygen atoms in total. The van der Waals surface area contributed by atoms with Gasteiger partial charge in [-0.05, 0) is 12.1 Å². The normalized spacial score (nSPS) is 10.4. The van der Waals surface area contributed by atoms with Gasteiger partial charge in [0.25, 0.3) is 0 Å². The molecule has 0 amide bonds. The second kappa shape index (κ2) is 4.41. The van der Waals surface area contributed by atoms with Crippen LogP contribution in [0, 0.1) is 0 Å². The van der Waals surface area contributed by atoms with Gasteiger partial charge in [-0.15, -0.1) is 0 Å². The molecule has 1 rings (SSSR count). The summed E-state index contributed by atoms with van der Waals surface area (Å²) in [6, 6.07) is 3.35. The Morgan fingerprint density at radius 1 is 1.57 bits per heavy atom. The predicted molar refractivity (Wildman–Crippen MR) is 55.8 cm³/mol. The van der Waals surface area contributed by atoms with E-state index in [9.17, 15) is 4.79 Å². The number of hydrogen-bond acceptors (Lipinski definition) is 4. The SMILES string of the molecule is CN(C)/C=C/C(=O)c1ncccc1N. The molecule has 0 saturated carbocycles. The molecule has 0 aromatic carbocycles. The van der Waals surface area contributed by atoms with E-state index in [-0.39, 0.29) is 5.78 Å². The number of aromatic nitrogens is 1. The van der Waals surface area contributed by atoms with Crippen molar-refractivity contribution < 1.29 is 4.79 Å². The first kappa shape index (κ1) is 10.2. The van der Waals surface area contributed by atoms with E-state index in [2.05, 4.69) is 4.98 Å². The molecule has 1 aromatic rings. The van der Waals surface area contributed by atoms with Crippen LogP contribution in [0.15, 0.2) is 30.6 Å². The summed E-state index contributed by atoms with van der Waals surface area (Å²) in [6.07, 6.45) is 4.66. The van der Waals surface area contributed by atoms with Crippen molar-refractivity contribution in [2.45, 2.75) is 0 Å². The van der Waals surface area contributed by atoms with Crippen molar-refractivity contribution in [3.05, 3.63) is 36.3 Å². The minimum absolute atomic E-state index is 0.184. The second-order valence-corrected chi connectivity index (χ2v) is 3.08. The molecule has 2 N–H and O–H groups in total. The van der Waals surface area contributed by atoms with Gasteiger partial charge < -0.3 is 10.6 Å². The van der Waals surface area contributed by atoms with Crippen molar-refractivity contribution in [2.24, 2.45) is 0 Å². The number of nitrogens with two attached hydrogens (primary N) is 1. The molecule has 0 saturated heterocycles. The molecule has 0 aliphatic carbocycles. The lowest BCUT2D eigenvalue weighted by atomic mass is 10.2. The van der Waals surface area contributed by atoms with Gasteiger partial charge in [-0.1, -0.05) is 0 Å². The Hall–Kier alpha value is -1.84. The van der Waals surface area contributed by atoms with Gasteiger partial charge in [0, 0.05) is 32.6 Å². The standard InChI is InChI=1S/C10H13N3O/c1-13(2)7-5-9(14)10-8(11)4-3-6-12-10/h3-7H,11H2,1-2H3/b7-5+. The maximum Gasteiger partial charge on any atom is 0.207 e. The number of hydrogen-bond donors (Lipinski definition) is 1. The summed E-state index contributed by atoms with van der Waals surface area (Å²) in [7, 11) is 3.68. The lowest BCUT2D eigenvalue weighted by molar-refractivity contribution is 0.104. The summed E-state index contributed by atoms with van der Waals surface area (Å²) < 4.78 is 0. The summed E-state index contributed by atoms with van der Waals surface area (Å²) >= 11 is 0. The molecular weight excluding hydrogens is 178 g/mol. The zero-order chi connectivity index (χ0) is 10.6. The van der Waals surface area contributed by atoms with Gasteiger partial charge in [0.15, 0.2) is 0 Å². The van der Waals surface area contributed by atoms with Gasteiger partial charge in [-0.25, -0.2) is 0 Å². The van der Waals surface area contributed by atoms with Gasteiger partial charge in [0.05, 0.1) is 5.69 Å². The van der Waals surface area contributed by atoms with Gasteiger partial charge in [-0.2, -0.15) is 0 Å². The van der Waals surface area contributed by atoms with Crippen LogP contribution in [0.25, 0.3) is 0 Å². The number of nitrogen functional groups attached to an aromatic ring is 1. The van der Waals surface area contributed by atoms with E-state index in [1.165, 1.54) is 6.08 Å². The number of nitrogens with zero attached hydrogens (tertiary/aromatic N) is 2. The average molecular weight is 191 g/mol. The fraction of sp³-hybridized carbons (Fsp3) is 0.200. The number of ketones is 1. The van der Waals surface area contributed by atoms with Crippen LogP contribution >= 0.6 is 0 Å². The minimum Gasteiger partial charge on any atom is -0.397 e. The molecule has 1 aromatic heterocycles. The van der Waals surface area contributed by atoms with Crippen molar-refractivity contribution in [3.8, 4) is 0 Å². The van der Waals surface area contributed by atoms with Crippen LogP contribution in [-0.2, 0) is 0 Å². The van der Waals surface area contributed by atoms with Crippen molar-refractivity contribution in [1.29, 1.82) is 0 Å². The summed E-state index contributed by atoms with van der Waals surface area (Å²) in [6.45, 7) is 0. The number of carbonyl (C=O) groups excluding carboxylic acids is 1. The maximum absolute atomic E-state index is 11.5. The van der Waals surface area contributed by atoms with E-state index >= 15 is 0 Å². The first-order valence-electron chi connectivity index (χ1n) is 4.20. The third kappa shape index (κ3) is 2.58. The Labute approximate surface area is 83.0 Å². The fourth-order valence-electron chi connectivity index (χ4n) is 0.919. The summed E-state index contributed by atoms with van der Waals surface area (Å²) in [5, 5.41) is 0. The highest BCUT2D eigenvalue weighted by Crippen LogP contribution is 2.07. The van der Waals surface area contributed by atoms with Crippen LogP contribution in [-0.4, -0.2) is 29.8 Å². The van der Waals surface area contributed by atoms with E-state index in [0.717, 1.165) is 0 Å². The summed E-state index contributed by atoms with van der Waals surface area (Å²) in [4.78, 5) is 17.2. The molecule has 14 heavy (non-hydrogen) atoms. The smallest absolute Gasteiger partial charge is 0.207 e. The molecular formula is C10H13N3O. The molecule has 0 aliphatic heterocycles. The maximum atomic E-state index is 11.5. The molecule has 0 unspecified atom stereocenters. The van der Waals surface area contributed by atoms with Gasteiger partial charge in [0.1, 0.15) is 5.69 Å². The van der Waals surface area contributed by atoms with Crippen LogP contribution in [0.4, 0.5) is 5.69 Å². The highest BCUT2D eigenvalue weighted by Gasteiger charge is 2.06. The molecule has 4 heteroatoms. The van der Waals surface area contributed by atoms with Crippen LogP contribution in [0.1, 0.15) is 10.5 Å². The average Bonchev–Trinajstić information content (AvgIpc) is 2.15. The first-order chi connectivity index (χ1) is 6.61. The Kier molecular flexibility index (Phi) is 3.23. The summed E-state index contributed by atoms with van der Waals surface area (Å²) in [5.41, 5.74) is 6.30. The summed E-state index contributed by atoms with van der Waals surface area (Å²) in [5.74, 6) is -0.184. The largest absolute Gasteiger partial charge is 0.397 e. The van der Waals surface area contributed by atoms with Crippen LogP contribution in [0.2, 0.25) is 0 Å². The predicted octanol–water partition coefficient (Wildman–Crippen LogP) is 0.922. The van der Waals surface area contributed by atoms with Gasteiger partial charge in [0.2, 0.25) is 5.78 Å². The first-order valence-corrected chi connectivity index (χ1v) is 4.20. The van der Waals surface area contributed by atoms with Crippen LogP contribution in [0.5, 0.6) is 0 Å². The Morgan fingerprint density at radius 3 is 2.86 bits per heavy atom. The molecule has 0 atom stereocenters. The van der Waals surface area contributed by atoms with E-state index in [0.29, 0.717) is 11.4 Å². The molecule has 0 aliphatic rings. The molecule has 1 heterocycles. The van der Waals surface area contributed by atoms with E-state index in [1.807, 2.05) is 14.1 Å². The van der Waals surface area contributed by atoms with E-state index in [4.69, 9.17) is 5.73 Å². The second-order valence-electron chi connectivity index (χ2n) is 3.08. The van der Waals surface area contributed by atoms with Crippen molar-refractivity contribution in [3.63, 3.8) is 0 Å². The van der Waals surface area contributed by atoms with E-state index < -0.39 is 0 Å². The van der Waals surface area contributed by atoms with Gasteiger partial charge >= 0.3 is 0 Å². The molecule has 0 radical (unpaired) electrons. The lowest BCUT2D eigenvalue weighted by Gasteiger charge is -2.03. The number of rotatable bonds is 3. The topological polar surface area (TPSA) is 59.2 Å². The number of carbonyl (C=O) groups is 1. The monoisotopic (exact) mass is 191 g/mol. The van der Waals surface area contributed by atoms with Crippen molar-refractivity contribution in [1.82, 2.24) is 9.88 Å². The zero-order valence-corrected chi connectivity index (χ0v) is 8.27. The number of allylic oxidation sites excluding steroid dienone is 1. The third-order valence-electron chi connectivity index (χ3n) is 1.60.